The lowest BCUT2D eigenvalue weighted by atomic mass is 9.83. The van der Waals surface area contributed by atoms with Crippen LogP contribution in [0.5, 0.6) is 0 Å². The molecule has 1 N–H and O–H groups in total. The van der Waals surface area contributed by atoms with Gasteiger partial charge in [0, 0.05) is 30.9 Å². The molecule has 3 aromatic rings. The van der Waals surface area contributed by atoms with Gasteiger partial charge in [-0.15, -0.1) is 0 Å². The molecule has 3 nitrogen and oxygen atoms in total. The fourth-order valence-corrected chi connectivity index (χ4v) is 2.73. The minimum absolute atomic E-state index is 0.391. The van der Waals surface area contributed by atoms with Crippen molar-refractivity contribution < 1.29 is 5.11 Å². The van der Waals surface area contributed by atoms with Crippen molar-refractivity contribution in [3.63, 3.8) is 0 Å². The van der Waals surface area contributed by atoms with E-state index >= 15 is 0 Å². The Bertz CT molecular complexity index is 752. The van der Waals surface area contributed by atoms with E-state index < -0.39 is 5.60 Å². The topological polar surface area (TPSA) is 38.0 Å². The summed E-state index contributed by atoms with van der Waals surface area (Å²) in [5.74, 6) is 0.821. The largest absolute Gasteiger partial charge is 0.380 e. The first-order valence-corrected chi connectivity index (χ1v) is 7.47. The first kappa shape index (κ1) is 14.8. The lowest BCUT2D eigenvalue weighted by Crippen LogP contribution is -2.31. The Kier molecular flexibility index (Phi) is 4.01. The van der Waals surface area contributed by atoms with Crippen molar-refractivity contribution in [1.82, 2.24) is 9.55 Å². The molecule has 2 aromatic carbocycles. The summed E-state index contributed by atoms with van der Waals surface area (Å²) in [7, 11) is 1.93. The van der Waals surface area contributed by atoms with Crippen LogP contribution >= 0.6 is 11.6 Å². The van der Waals surface area contributed by atoms with Crippen LogP contribution in [0.4, 0.5) is 0 Å². The van der Waals surface area contributed by atoms with Crippen molar-refractivity contribution in [1.29, 1.82) is 0 Å². The molecule has 1 unspecified atom stereocenters. The van der Waals surface area contributed by atoms with Crippen LogP contribution in [0, 0.1) is 0 Å². The third-order valence-corrected chi connectivity index (χ3v) is 4.16. The van der Waals surface area contributed by atoms with Gasteiger partial charge in [-0.05, 0) is 23.3 Å². The number of rotatable bonds is 4. The fourth-order valence-electron chi connectivity index (χ4n) is 2.61. The Morgan fingerprint density at radius 2 is 1.68 bits per heavy atom. The van der Waals surface area contributed by atoms with Gasteiger partial charge in [0.25, 0.3) is 0 Å². The summed E-state index contributed by atoms with van der Waals surface area (Å²) in [6.07, 6.45) is 4.01. The normalized spacial score (nSPS) is 13.8. The summed E-state index contributed by atoms with van der Waals surface area (Å²) in [4.78, 5) is 4.35. The first-order valence-electron chi connectivity index (χ1n) is 7.10. The predicted molar refractivity (Wildman–Crippen MR) is 87.8 cm³/mol. The Hall–Kier alpha value is -2.10. The molecule has 1 atom stereocenters. The van der Waals surface area contributed by atoms with Gasteiger partial charge in [0.1, 0.15) is 11.4 Å². The number of imidazole rings is 1. The molecule has 0 fully saturated rings. The zero-order chi connectivity index (χ0) is 15.6. The first-order chi connectivity index (χ1) is 10.6. The average Bonchev–Trinajstić information content (AvgIpc) is 2.93. The standard InChI is InChI=1S/C18H17ClN2O/c1-21-12-11-20-17(21)13-18(22,14-5-3-2-4-6-14)15-7-9-16(19)10-8-15/h2-12,22H,13H2,1H3. The number of hydrogen-bond acceptors (Lipinski definition) is 2. The molecule has 112 valence electrons. The van der Waals surface area contributed by atoms with Crippen LogP contribution < -0.4 is 0 Å². The van der Waals surface area contributed by atoms with Crippen molar-refractivity contribution in [3.8, 4) is 0 Å². The van der Waals surface area contributed by atoms with Crippen LogP contribution in [0.1, 0.15) is 17.0 Å². The number of aliphatic hydroxyl groups is 1. The maximum atomic E-state index is 11.4. The predicted octanol–water partition coefficient (Wildman–Crippen LogP) is 3.55. The highest BCUT2D eigenvalue weighted by Gasteiger charge is 2.33. The summed E-state index contributed by atoms with van der Waals surface area (Å²) >= 11 is 5.98. The lowest BCUT2D eigenvalue weighted by molar-refractivity contribution is 0.0781. The zero-order valence-electron chi connectivity index (χ0n) is 12.3. The molecule has 1 aromatic heterocycles. The average molecular weight is 313 g/mol. The number of aromatic nitrogens is 2. The molecule has 0 radical (unpaired) electrons. The Balaban J connectivity index is 2.09. The highest BCUT2D eigenvalue weighted by Crippen LogP contribution is 2.33. The van der Waals surface area contributed by atoms with Crippen LogP contribution in [0.3, 0.4) is 0 Å². The molecule has 1 heterocycles. The summed E-state index contributed by atoms with van der Waals surface area (Å²) in [5, 5.41) is 12.1. The van der Waals surface area contributed by atoms with Gasteiger partial charge in [-0.2, -0.15) is 0 Å². The van der Waals surface area contributed by atoms with Gasteiger partial charge in [0.2, 0.25) is 0 Å². The van der Waals surface area contributed by atoms with E-state index in [4.69, 9.17) is 11.6 Å². The van der Waals surface area contributed by atoms with Crippen molar-refractivity contribution in [2.45, 2.75) is 12.0 Å². The van der Waals surface area contributed by atoms with E-state index in [1.54, 1.807) is 18.3 Å². The molecular formula is C18H17ClN2O. The maximum Gasteiger partial charge on any atom is 0.122 e. The quantitative estimate of drug-likeness (QED) is 0.800. The van der Waals surface area contributed by atoms with Crippen LogP contribution in [0.2, 0.25) is 5.02 Å². The van der Waals surface area contributed by atoms with Gasteiger partial charge < -0.3 is 9.67 Å². The van der Waals surface area contributed by atoms with Crippen LogP contribution in [0.25, 0.3) is 0 Å². The van der Waals surface area contributed by atoms with Crippen LogP contribution in [-0.4, -0.2) is 14.7 Å². The molecule has 0 bridgehead atoms. The molecule has 0 spiro atoms. The molecule has 0 aliphatic heterocycles. The van der Waals surface area contributed by atoms with E-state index in [-0.39, 0.29) is 0 Å². The van der Waals surface area contributed by atoms with Gasteiger partial charge in [0.05, 0.1) is 0 Å². The second kappa shape index (κ2) is 5.95. The molecule has 22 heavy (non-hydrogen) atoms. The molecular weight excluding hydrogens is 296 g/mol. The van der Waals surface area contributed by atoms with Crippen molar-refractivity contribution in [2.75, 3.05) is 0 Å². The highest BCUT2D eigenvalue weighted by molar-refractivity contribution is 6.30. The Labute approximate surface area is 134 Å². The molecule has 0 aliphatic carbocycles. The fraction of sp³-hybridized carbons (Fsp3) is 0.167. The van der Waals surface area contributed by atoms with Gasteiger partial charge in [-0.3, -0.25) is 0 Å². The van der Waals surface area contributed by atoms with E-state index in [0.717, 1.165) is 17.0 Å². The molecule has 3 rings (SSSR count). The third kappa shape index (κ3) is 2.78. The molecule has 0 aliphatic rings. The summed E-state index contributed by atoms with van der Waals surface area (Å²) in [5.41, 5.74) is 0.483. The second-order valence-corrected chi connectivity index (χ2v) is 5.80. The maximum absolute atomic E-state index is 11.4. The monoisotopic (exact) mass is 312 g/mol. The van der Waals surface area contributed by atoms with E-state index in [9.17, 15) is 5.11 Å². The van der Waals surface area contributed by atoms with E-state index in [1.807, 2.05) is 60.3 Å². The van der Waals surface area contributed by atoms with Gasteiger partial charge in [-0.25, -0.2) is 4.98 Å². The third-order valence-electron chi connectivity index (χ3n) is 3.91. The highest BCUT2D eigenvalue weighted by atomic mass is 35.5. The summed E-state index contributed by atoms with van der Waals surface area (Å²) in [6, 6.07) is 17.0. The summed E-state index contributed by atoms with van der Waals surface area (Å²) in [6.45, 7) is 0. The smallest absolute Gasteiger partial charge is 0.122 e. The number of nitrogens with zero attached hydrogens (tertiary/aromatic N) is 2. The molecule has 4 heteroatoms. The number of halogens is 1. The SMILES string of the molecule is Cn1ccnc1CC(O)(c1ccccc1)c1ccc(Cl)cc1. The number of aryl methyl sites for hydroxylation is 1. The molecule has 0 saturated heterocycles. The van der Waals surface area contributed by atoms with Crippen LogP contribution in [0.15, 0.2) is 67.0 Å². The van der Waals surface area contributed by atoms with E-state index in [0.29, 0.717) is 11.4 Å². The number of benzene rings is 2. The number of hydrogen-bond donors (Lipinski definition) is 1. The molecule has 0 amide bonds. The lowest BCUT2D eigenvalue weighted by Gasteiger charge is -2.29. The van der Waals surface area contributed by atoms with Gasteiger partial charge in [0.15, 0.2) is 0 Å². The summed E-state index contributed by atoms with van der Waals surface area (Å²) < 4.78 is 1.92. The minimum Gasteiger partial charge on any atom is -0.380 e. The van der Waals surface area contributed by atoms with Crippen LogP contribution in [-0.2, 0) is 19.1 Å². The molecule has 0 saturated carbocycles. The minimum atomic E-state index is -1.15. The Morgan fingerprint density at radius 3 is 2.27 bits per heavy atom. The van der Waals surface area contributed by atoms with Gasteiger partial charge in [-0.1, -0.05) is 54.1 Å². The van der Waals surface area contributed by atoms with Crippen molar-refractivity contribution in [3.05, 3.63) is 89.0 Å². The van der Waals surface area contributed by atoms with E-state index in [1.165, 1.54) is 0 Å². The zero-order valence-corrected chi connectivity index (χ0v) is 13.0. The van der Waals surface area contributed by atoms with Crippen molar-refractivity contribution in [2.24, 2.45) is 7.05 Å². The van der Waals surface area contributed by atoms with Gasteiger partial charge >= 0.3 is 0 Å². The second-order valence-electron chi connectivity index (χ2n) is 5.36. The Morgan fingerprint density at radius 1 is 1.05 bits per heavy atom. The van der Waals surface area contributed by atoms with Crippen molar-refractivity contribution >= 4 is 11.6 Å². The van der Waals surface area contributed by atoms with E-state index in [2.05, 4.69) is 4.98 Å².